The molecule has 0 bridgehead atoms. The Morgan fingerprint density at radius 1 is 1.12 bits per heavy atom. The van der Waals surface area contributed by atoms with Gasteiger partial charge in [0.1, 0.15) is 12.4 Å². The Hall–Kier alpha value is -3.98. The molecule has 0 aliphatic heterocycles. The number of nitrogens with two attached hydrogens (primary N) is 2. The van der Waals surface area contributed by atoms with Gasteiger partial charge < -0.3 is 22.1 Å². The van der Waals surface area contributed by atoms with Crippen molar-refractivity contribution < 1.29 is 4.79 Å². The molecule has 0 unspecified atom stereocenters. The van der Waals surface area contributed by atoms with E-state index in [-0.39, 0.29) is 36.2 Å². The molecular formula is C24H29N7O2. The van der Waals surface area contributed by atoms with Gasteiger partial charge >= 0.3 is 0 Å². The standard InChI is InChI=1S/C24H29N7O2/c1-16-21(18-6-3-2-4-7-18)31(24(33)23(30-16)28-13-5-12-25)15-20(32)29-14-17-8-10-19(11-9-17)22(26)27/h2-4,6-11H,5,12-15,25H2,1H3,(H3,26,27)(H,28,30)(H,29,32). The smallest absolute Gasteiger partial charge is 0.294 e. The molecule has 0 fully saturated rings. The van der Waals surface area contributed by atoms with Crippen molar-refractivity contribution in [3.63, 3.8) is 0 Å². The van der Waals surface area contributed by atoms with Gasteiger partial charge in [0.15, 0.2) is 5.82 Å². The Morgan fingerprint density at radius 3 is 2.45 bits per heavy atom. The summed E-state index contributed by atoms with van der Waals surface area (Å²) in [6.07, 6.45) is 0.698. The lowest BCUT2D eigenvalue weighted by Gasteiger charge is -2.17. The normalized spacial score (nSPS) is 10.6. The van der Waals surface area contributed by atoms with Crippen molar-refractivity contribution in [2.24, 2.45) is 11.5 Å². The minimum absolute atomic E-state index is 0.0117. The van der Waals surface area contributed by atoms with Crippen LogP contribution in [0.1, 0.15) is 23.2 Å². The van der Waals surface area contributed by atoms with E-state index >= 15 is 0 Å². The number of hydrogen-bond donors (Lipinski definition) is 5. The van der Waals surface area contributed by atoms with Crippen LogP contribution in [0.3, 0.4) is 0 Å². The Balaban J connectivity index is 1.85. The molecule has 0 aliphatic rings. The zero-order valence-corrected chi connectivity index (χ0v) is 18.6. The van der Waals surface area contributed by atoms with Crippen LogP contribution in [-0.2, 0) is 17.9 Å². The highest BCUT2D eigenvalue weighted by Gasteiger charge is 2.18. The van der Waals surface area contributed by atoms with Gasteiger partial charge in [-0.15, -0.1) is 0 Å². The average molecular weight is 448 g/mol. The number of nitrogens with zero attached hydrogens (tertiary/aromatic N) is 2. The summed E-state index contributed by atoms with van der Waals surface area (Å²) in [6, 6.07) is 16.5. The maximum Gasteiger partial charge on any atom is 0.294 e. The van der Waals surface area contributed by atoms with Gasteiger partial charge in [-0.3, -0.25) is 19.6 Å². The first-order chi connectivity index (χ1) is 15.9. The van der Waals surface area contributed by atoms with Gasteiger partial charge in [0.25, 0.3) is 5.56 Å². The summed E-state index contributed by atoms with van der Waals surface area (Å²) in [5, 5.41) is 13.3. The minimum Gasteiger partial charge on any atom is -0.384 e. The van der Waals surface area contributed by atoms with E-state index in [1.54, 1.807) is 24.3 Å². The molecule has 1 heterocycles. The van der Waals surface area contributed by atoms with E-state index in [1.165, 1.54) is 4.57 Å². The van der Waals surface area contributed by atoms with Crippen LogP contribution < -0.4 is 27.7 Å². The summed E-state index contributed by atoms with van der Waals surface area (Å²) >= 11 is 0. The van der Waals surface area contributed by atoms with E-state index in [0.717, 1.165) is 11.1 Å². The van der Waals surface area contributed by atoms with Crippen LogP contribution in [0.25, 0.3) is 11.3 Å². The number of amides is 1. The summed E-state index contributed by atoms with van der Waals surface area (Å²) in [4.78, 5) is 30.5. The predicted octanol–water partition coefficient (Wildman–Crippen LogP) is 1.58. The lowest BCUT2D eigenvalue weighted by atomic mass is 10.1. The summed E-state index contributed by atoms with van der Waals surface area (Å²) < 4.78 is 1.45. The largest absolute Gasteiger partial charge is 0.384 e. The lowest BCUT2D eigenvalue weighted by molar-refractivity contribution is -0.121. The topological polar surface area (TPSA) is 152 Å². The fourth-order valence-electron chi connectivity index (χ4n) is 3.43. The van der Waals surface area contributed by atoms with Gasteiger partial charge in [-0.25, -0.2) is 4.98 Å². The van der Waals surface area contributed by atoms with E-state index < -0.39 is 0 Å². The molecule has 1 amide bonds. The fourth-order valence-corrected chi connectivity index (χ4v) is 3.43. The first-order valence-electron chi connectivity index (χ1n) is 10.7. The van der Waals surface area contributed by atoms with Crippen LogP contribution in [0.15, 0.2) is 59.4 Å². The molecule has 0 radical (unpaired) electrons. The highest BCUT2D eigenvalue weighted by atomic mass is 16.2. The number of amidine groups is 1. The first kappa shape index (κ1) is 23.7. The number of nitrogens with one attached hydrogen (secondary N) is 3. The molecule has 7 N–H and O–H groups in total. The Labute approximate surface area is 192 Å². The summed E-state index contributed by atoms with van der Waals surface area (Å²) in [5.41, 5.74) is 14.2. The molecule has 9 nitrogen and oxygen atoms in total. The van der Waals surface area contributed by atoms with Gasteiger partial charge in [0.2, 0.25) is 5.91 Å². The number of aromatic nitrogens is 2. The van der Waals surface area contributed by atoms with E-state index in [2.05, 4.69) is 15.6 Å². The van der Waals surface area contributed by atoms with Crippen molar-refractivity contribution in [2.75, 3.05) is 18.4 Å². The van der Waals surface area contributed by atoms with Crippen molar-refractivity contribution in [3.05, 3.63) is 81.8 Å². The van der Waals surface area contributed by atoms with E-state index in [0.29, 0.717) is 36.5 Å². The fraction of sp³-hybridized carbons (Fsp3) is 0.250. The third kappa shape index (κ3) is 6.05. The van der Waals surface area contributed by atoms with Crippen molar-refractivity contribution >= 4 is 17.6 Å². The van der Waals surface area contributed by atoms with Gasteiger partial charge in [-0.05, 0) is 25.5 Å². The number of anilines is 1. The molecule has 33 heavy (non-hydrogen) atoms. The lowest BCUT2D eigenvalue weighted by Crippen LogP contribution is -2.35. The molecule has 0 aliphatic carbocycles. The van der Waals surface area contributed by atoms with Gasteiger partial charge in [-0.2, -0.15) is 0 Å². The molecule has 0 saturated heterocycles. The molecule has 0 atom stereocenters. The maximum absolute atomic E-state index is 13.2. The molecule has 0 saturated carbocycles. The number of carbonyl (C=O) groups excluding carboxylic acids is 1. The third-order valence-corrected chi connectivity index (χ3v) is 5.12. The number of benzene rings is 2. The number of nitrogen functional groups attached to an aromatic ring is 1. The van der Waals surface area contributed by atoms with Crippen LogP contribution in [0.2, 0.25) is 0 Å². The number of rotatable bonds is 10. The minimum atomic E-state index is -0.363. The van der Waals surface area contributed by atoms with E-state index in [4.69, 9.17) is 16.9 Å². The van der Waals surface area contributed by atoms with Gasteiger partial charge in [0.05, 0.1) is 11.4 Å². The van der Waals surface area contributed by atoms with Crippen LogP contribution in [0.5, 0.6) is 0 Å². The van der Waals surface area contributed by atoms with Crippen molar-refractivity contribution in [1.82, 2.24) is 14.9 Å². The average Bonchev–Trinajstić information content (AvgIpc) is 2.81. The molecule has 2 aromatic carbocycles. The van der Waals surface area contributed by atoms with Crippen LogP contribution in [0, 0.1) is 12.3 Å². The second kappa shape index (κ2) is 11.1. The van der Waals surface area contributed by atoms with Crippen LogP contribution in [0.4, 0.5) is 5.82 Å². The molecule has 172 valence electrons. The molecule has 1 aromatic heterocycles. The summed E-state index contributed by atoms with van der Waals surface area (Å²) in [7, 11) is 0. The van der Waals surface area contributed by atoms with Crippen LogP contribution in [-0.4, -0.2) is 34.4 Å². The Kier molecular flexibility index (Phi) is 7.93. The SMILES string of the molecule is Cc1nc(NCCCN)c(=O)n(CC(=O)NCc2ccc(C(=N)N)cc2)c1-c1ccccc1. The highest BCUT2D eigenvalue weighted by molar-refractivity contribution is 5.94. The second-order valence-electron chi connectivity index (χ2n) is 7.61. The Morgan fingerprint density at radius 2 is 1.82 bits per heavy atom. The highest BCUT2D eigenvalue weighted by Crippen LogP contribution is 2.21. The predicted molar refractivity (Wildman–Crippen MR) is 130 cm³/mol. The van der Waals surface area contributed by atoms with Crippen LogP contribution >= 0.6 is 0 Å². The molecule has 9 heteroatoms. The first-order valence-corrected chi connectivity index (χ1v) is 10.7. The van der Waals surface area contributed by atoms with E-state index in [9.17, 15) is 9.59 Å². The second-order valence-corrected chi connectivity index (χ2v) is 7.61. The van der Waals surface area contributed by atoms with Gasteiger partial charge in [-0.1, -0.05) is 54.6 Å². The zero-order valence-electron chi connectivity index (χ0n) is 18.6. The number of aryl methyl sites for hydroxylation is 1. The quantitative estimate of drug-likeness (QED) is 0.181. The van der Waals surface area contributed by atoms with Crippen molar-refractivity contribution in [2.45, 2.75) is 26.4 Å². The van der Waals surface area contributed by atoms with Gasteiger partial charge in [0, 0.05) is 24.2 Å². The van der Waals surface area contributed by atoms with E-state index in [1.807, 2.05) is 37.3 Å². The third-order valence-electron chi connectivity index (χ3n) is 5.12. The summed E-state index contributed by atoms with van der Waals surface area (Å²) in [6.45, 7) is 2.98. The number of carbonyl (C=O) groups is 1. The molecular weight excluding hydrogens is 418 g/mol. The number of hydrogen-bond acceptors (Lipinski definition) is 6. The summed E-state index contributed by atoms with van der Waals surface area (Å²) in [5.74, 6) is -0.112. The Bertz CT molecular complexity index is 1170. The molecule has 3 aromatic rings. The molecule has 3 rings (SSSR count). The zero-order chi connectivity index (χ0) is 23.8. The monoisotopic (exact) mass is 447 g/mol. The maximum atomic E-state index is 13.2. The molecule has 0 spiro atoms. The van der Waals surface area contributed by atoms with Crippen molar-refractivity contribution in [1.29, 1.82) is 5.41 Å². The van der Waals surface area contributed by atoms with Crippen molar-refractivity contribution in [3.8, 4) is 11.3 Å².